The van der Waals surface area contributed by atoms with E-state index in [0.717, 1.165) is 15.6 Å². The fourth-order valence-electron chi connectivity index (χ4n) is 2.79. The summed E-state index contributed by atoms with van der Waals surface area (Å²) in [5.41, 5.74) is 1.66. The Labute approximate surface area is 151 Å². The first-order valence-corrected chi connectivity index (χ1v) is 7.93. The first-order chi connectivity index (χ1) is 13.1. The van der Waals surface area contributed by atoms with Crippen molar-refractivity contribution in [3.63, 3.8) is 0 Å². The van der Waals surface area contributed by atoms with Gasteiger partial charge in [-0.15, -0.1) is 0 Å². The van der Waals surface area contributed by atoms with Crippen LogP contribution in [0.3, 0.4) is 0 Å². The molecule has 0 spiro atoms. The summed E-state index contributed by atoms with van der Waals surface area (Å²) in [5, 5.41) is 15.7. The molecule has 0 amide bonds. The maximum Gasteiger partial charge on any atom is 0.298 e. The number of methoxy groups -OCH3 is 1. The van der Waals surface area contributed by atoms with Crippen LogP contribution in [0, 0.1) is 10.1 Å². The number of nitro benzene ring substituents is 1. The molecule has 0 saturated carbocycles. The number of rotatable bonds is 4. The maximum absolute atomic E-state index is 12.7. The lowest BCUT2D eigenvalue weighted by atomic mass is 10.2. The Morgan fingerprint density at radius 3 is 2.93 bits per heavy atom. The highest BCUT2D eigenvalue weighted by Crippen LogP contribution is 2.25. The van der Waals surface area contributed by atoms with Crippen molar-refractivity contribution in [2.24, 2.45) is 5.10 Å². The average Bonchev–Trinajstić information content (AvgIpc) is 3.06. The van der Waals surface area contributed by atoms with Gasteiger partial charge in [0.1, 0.15) is 23.1 Å². The Kier molecular flexibility index (Phi) is 3.88. The predicted molar refractivity (Wildman–Crippen MR) is 101 cm³/mol. The van der Waals surface area contributed by atoms with E-state index < -0.39 is 4.92 Å². The van der Waals surface area contributed by atoms with Gasteiger partial charge >= 0.3 is 0 Å². The third kappa shape index (κ3) is 2.91. The summed E-state index contributed by atoms with van der Waals surface area (Å²) in [5.74, 6) is 0.665. The largest absolute Gasteiger partial charge is 0.497 e. The average molecular weight is 363 g/mol. The van der Waals surface area contributed by atoms with Crippen LogP contribution in [0.5, 0.6) is 5.75 Å². The smallest absolute Gasteiger partial charge is 0.298 e. The summed E-state index contributed by atoms with van der Waals surface area (Å²) in [6.45, 7) is 0. The summed E-state index contributed by atoms with van der Waals surface area (Å²) in [4.78, 5) is 30.4. The Bertz CT molecular complexity index is 1270. The standard InChI is InChI=1S/C18H13N5O4/c1-27-13-5-6-14-15(8-13)21-17-16(14)19-10-22(18(17)24)20-9-11-3-2-4-12(7-11)23(25)26/h2-10,21H,1H3/b20-9-. The van der Waals surface area contributed by atoms with Crippen molar-refractivity contribution in [1.82, 2.24) is 14.6 Å². The van der Waals surface area contributed by atoms with E-state index in [1.807, 2.05) is 6.07 Å². The van der Waals surface area contributed by atoms with E-state index in [0.29, 0.717) is 22.3 Å². The summed E-state index contributed by atoms with van der Waals surface area (Å²) < 4.78 is 6.27. The number of fused-ring (bicyclic) bond motifs is 3. The molecule has 2 aromatic heterocycles. The third-order valence-electron chi connectivity index (χ3n) is 4.11. The highest BCUT2D eigenvalue weighted by molar-refractivity contribution is 6.04. The number of aromatic nitrogens is 3. The number of nitrogens with zero attached hydrogens (tertiary/aromatic N) is 4. The molecule has 0 aliphatic heterocycles. The van der Waals surface area contributed by atoms with Crippen molar-refractivity contribution in [3.05, 3.63) is 74.8 Å². The monoisotopic (exact) mass is 363 g/mol. The molecule has 0 aliphatic rings. The zero-order valence-electron chi connectivity index (χ0n) is 14.1. The van der Waals surface area contributed by atoms with Crippen LogP contribution in [0.1, 0.15) is 5.56 Å². The van der Waals surface area contributed by atoms with Crippen LogP contribution in [0.25, 0.3) is 21.9 Å². The van der Waals surface area contributed by atoms with Crippen molar-refractivity contribution in [1.29, 1.82) is 0 Å². The molecule has 0 saturated heterocycles. The fourth-order valence-corrected chi connectivity index (χ4v) is 2.79. The number of hydrogen-bond donors (Lipinski definition) is 1. The van der Waals surface area contributed by atoms with Gasteiger partial charge in [-0.2, -0.15) is 9.78 Å². The molecule has 1 N–H and O–H groups in total. The topological polar surface area (TPSA) is 115 Å². The molecular formula is C18H13N5O4. The van der Waals surface area contributed by atoms with Crippen molar-refractivity contribution in [2.45, 2.75) is 0 Å². The highest BCUT2D eigenvalue weighted by atomic mass is 16.6. The molecule has 0 atom stereocenters. The van der Waals surface area contributed by atoms with Crippen molar-refractivity contribution < 1.29 is 9.66 Å². The van der Waals surface area contributed by atoms with Crippen molar-refractivity contribution in [2.75, 3.05) is 7.11 Å². The molecule has 9 heteroatoms. The van der Waals surface area contributed by atoms with Gasteiger partial charge in [0.05, 0.1) is 23.8 Å². The summed E-state index contributed by atoms with van der Waals surface area (Å²) >= 11 is 0. The molecule has 0 radical (unpaired) electrons. The minimum absolute atomic E-state index is 0.0514. The number of ether oxygens (including phenoxy) is 1. The zero-order chi connectivity index (χ0) is 19.0. The molecule has 27 heavy (non-hydrogen) atoms. The zero-order valence-corrected chi connectivity index (χ0v) is 14.1. The van der Waals surface area contributed by atoms with Gasteiger partial charge in [-0.3, -0.25) is 14.9 Å². The van der Waals surface area contributed by atoms with E-state index in [2.05, 4.69) is 15.1 Å². The number of non-ortho nitro benzene ring substituents is 1. The minimum Gasteiger partial charge on any atom is -0.497 e. The second-order valence-corrected chi connectivity index (χ2v) is 5.75. The Morgan fingerprint density at radius 2 is 2.15 bits per heavy atom. The number of benzene rings is 2. The highest BCUT2D eigenvalue weighted by Gasteiger charge is 2.11. The molecule has 0 bridgehead atoms. The quantitative estimate of drug-likeness (QED) is 0.340. The number of hydrogen-bond acceptors (Lipinski definition) is 6. The molecule has 2 aromatic carbocycles. The van der Waals surface area contributed by atoms with E-state index in [9.17, 15) is 14.9 Å². The van der Waals surface area contributed by atoms with Crippen LogP contribution in [-0.2, 0) is 0 Å². The van der Waals surface area contributed by atoms with Gasteiger partial charge in [0.15, 0.2) is 0 Å². The normalized spacial score (nSPS) is 11.4. The van der Waals surface area contributed by atoms with Gasteiger partial charge in [-0.25, -0.2) is 4.98 Å². The summed E-state index contributed by atoms with van der Waals surface area (Å²) in [6, 6.07) is 11.4. The van der Waals surface area contributed by atoms with Gasteiger partial charge in [0.2, 0.25) is 0 Å². The van der Waals surface area contributed by atoms with Crippen LogP contribution >= 0.6 is 0 Å². The number of H-pyrrole nitrogens is 1. The molecule has 0 fully saturated rings. The van der Waals surface area contributed by atoms with Gasteiger partial charge in [-0.1, -0.05) is 12.1 Å². The van der Waals surface area contributed by atoms with Gasteiger partial charge in [0, 0.05) is 29.1 Å². The second kappa shape index (κ2) is 6.37. The molecule has 134 valence electrons. The number of nitro groups is 1. The van der Waals surface area contributed by atoms with E-state index >= 15 is 0 Å². The summed E-state index contributed by atoms with van der Waals surface area (Å²) in [6.07, 6.45) is 2.68. The van der Waals surface area contributed by atoms with E-state index in [4.69, 9.17) is 4.74 Å². The summed E-state index contributed by atoms with van der Waals surface area (Å²) in [7, 11) is 1.57. The first kappa shape index (κ1) is 16.5. The van der Waals surface area contributed by atoms with Gasteiger partial charge in [0.25, 0.3) is 11.2 Å². The third-order valence-corrected chi connectivity index (χ3v) is 4.11. The van der Waals surface area contributed by atoms with Crippen LogP contribution < -0.4 is 10.3 Å². The van der Waals surface area contributed by atoms with Crippen LogP contribution in [0.15, 0.2) is 58.7 Å². The van der Waals surface area contributed by atoms with E-state index in [-0.39, 0.29) is 11.2 Å². The number of nitrogens with one attached hydrogen (secondary N) is 1. The Hall–Kier alpha value is -4.01. The molecule has 2 heterocycles. The first-order valence-electron chi connectivity index (χ1n) is 7.93. The Balaban J connectivity index is 1.77. The fraction of sp³-hybridized carbons (Fsp3) is 0.0556. The maximum atomic E-state index is 12.7. The van der Waals surface area contributed by atoms with Crippen LogP contribution in [0.2, 0.25) is 0 Å². The van der Waals surface area contributed by atoms with Crippen molar-refractivity contribution >= 4 is 33.8 Å². The SMILES string of the molecule is COc1ccc2c(c1)[nH]c1c(=O)n(/N=C\c3cccc([N+](=O)[O-])c3)cnc12. The molecular weight excluding hydrogens is 350 g/mol. The Morgan fingerprint density at radius 1 is 1.30 bits per heavy atom. The molecule has 4 aromatic rings. The van der Waals surface area contributed by atoms with E-state index in [1.54, 1.807) is 31.4 Å². The van der Waals surface area contributed by atoms with Gasteiger partial charge in [-0.05, 0) is 12.1 Å². The molecule has 0 aliphatic carbocycles. The second-order valence-electron chi connectivity index (χ2n) is 5.75. The predicted octanol–water partition coefficient (Wildman–Crippen LogP) is 2.68. The molecule has 9 nitrogen and oxygen atoms in total. The van der Waals surface area contributed by atoms with Crippen LogP contribution in [-0.4, -0.2) is 32.9 Å². The lowest BCUT2D eigenvalue weighted by Crippen LogP contribution is -2.17. The molecule has 4 rings (SSSR count). The number of aromatic amines is 1. The minimum atomic E-state index is -0.490. The van der Waals surface area contributed by atoms with E-state index in [1.165, 1.54) is 24.7 Å². The van der Waals surface area contributed by atoms with Gasteiger partial charge < -0.3 is 9.72 Å². The lowest BCUT2D eigenvalue weighted by molar-refractivity contribution is -0.384. The van der Waals surface area contributed by atoms with Crippen LogP contribution in [0.4, 0.5) is 5.69 Å². The van der Waals surface area contributed by atoms with Crippen molar-refractivity contribution in [3.8, 4) is 5.75 Å². The molecule has 0 unspecified atom stereocenters. The lowest BCUT2D eigenvalue weighted by Gasteiger charge is -1.98.